The number of rotatable bonds is 4. The van der Waals surface area contributed by atoms with Crippen LogP contribution in [0.1, 0.15) is 35.4 Å². The molecule has 0 bridgehead atoms. The van der Waals surface area contributed by atoms with Crippen molar-refractivity contribution in [3.63, 3.8) is 0 Å². The third-order valence-corrected chi connectivity index (χ3v) is 5.66. The molecule has 0 aromatic carbocycles. The van der Waals surface area contributed by atoms with Crippen LogP contribution >= 0.6 is 0 Å². The fourth-order valence-corrected chi connectivity index (χ4v) is 4.03. The van der Waals surface area contributed by atoms with E-state index < -0.39 is 0 Å². The smallest absolute Gasteiger partial charge is 0.289 e. The molecule has 2 aromatic heterocycles. The fraction of sp³-hybridized carbons (Fsp3) is 0.500. The van der Waals surface area contributed by atoms with Crippen LogP contribution in [0.15, 0.2) is 47.3 Å². The Morgan fingerprint density at radius 2 is 2.19 bits per heavy atom. The summed E-state index contributed by atoms with van der Waals surface area (Å²) in [4.78, 5) is 20.8. The lowest BCUT2D eigenvalue weighted by molar-refractivity contribution is -0.0397. The van der Waals surface area contributed by atoms with Gasteiger partial charge in [-0.2, -0.15) is 0 Å². The van der Waals surface area contributed by atoms with Gasteiger partial charge in [0.05, 0.1) is 18.5 Å². The summed E-state index contributed by atoms with van der Waals surface area (Å²) in [6, 6.07) is 7.96. The van der Waals surface area contributed by atoms with E-state index in [1.807, 2.05) is 17.2 Å². The van der Waals surface area contributed by atoms with Crippen molar-refractivity contribution in [2.75, 3.05) is 26.7 Å². The van der Waals surface area contributed by atoms with Crippen molar-refractivity contribution < 1.29 is 13.9 Å². The second kappa shape index (κ2) is 7.21. The van der Waals surface area contributed by atoms with Gasteiger partial charge in [-0.1, -0.05) is 6.07 Å². The predicted octanol–water partition coefficient (Wildman–Crippen LogP) is 2.57. The molecular weight excluding hydrogens is 330 g/mol. The first-order chi connectivity index (χ1) is 12.7. The Balaban J connectivity index is 1.32. The molecule has 1 atom stereocenters. The molecule has 2 saturated heterocycles. The monoisotopic (exact) mass is 355 g/mol. The SMILES string of the molecule is CN(Cc1cccnc1)C1COC2(CCN(C(=O)c3ccco3)CC2)C1. The number of likely N-dealkylation sites (N-methyl/N-ethyl adjacent to an activating group) is 1. The van der Waals surface area contributed by atoms with Gasteiger partial charge in [0.15, 0.2) is 5.76 Å². The lowest BCUT2D eigenvalue weighted by Gasteiger charge is -2.38. The molecule has 2 aliphatic heterocycles. The molecule has 4 rings (SSSR count). The molecule has 0 saturated carbocycles. The van der Waals surface area contributed by atoms with Crippen LogP contribution in [0.25, 0.3) is 0 Å². The number of nitrogens with zero attached hydrogens (tertiary/aromatic N) is 3. The van der Waals surface area contributed by atoms with E-state index in [0.717, 1.165) is 45.5 Å². The van der Waals surface area contributed by atoms with Gasteiger partial charge in [0.2, 0.25) is 0 Å². The summed E-state index contributed by atoms with van der Waals surface area (Å²) in [6.45, 7) is 3.07. The highest BCUT2D eigenvalue weighted by molar-refractivity contribution is 5.91. The maximum Gasteiger partial charge on any atom is 0.289 e. The van der Waals surface area contributed by atoms with E-state index in [4.69, 9.17) is 9.15 Å². The van der Waals surface area contributed by atoms with E-state index >= 15 is 0 Å². The van der Waals surface area contributed by atoms with E-state index in [1.54, 1.807) is 24.6 Å². The summed E-state index contributed by atoms with van der Waals surface area (Å²) >= 11 is 0. The lowest BCUT2D eigenvalue weighted by Crippen LogP contribution is -2.47. The first kappa shape index (κ1) is 17.2. The van der Waals surface area contributed by atoms with Crippen molar-refractivity contribution in [1.82, 2.24) is 14.8 Å². The second-order valence-electron chi connectivity index (χ2n) is 7.40. The van der Waals surface area contributed by atoms with E-state index in [9.17, 15) is 4.79 Å². The van der Waals surface area contributed by atoms with E-state index in [0.29, 0.717) is 11.8 Å². The third kappa shape index (κ3) is 3.52. The molecule has 138 valence electrons. The normalized spacial score (nSPS) is 22.2. The highest BCUT2D eigenvalue weighted by atomic mass is 16.5. The number of carbonyl (C=O) groups excluding carboxylic acids is 1. The topological polar surface area (TPSA) is 58.8 Å². The second-order valence-corrected chi connectivity index (χ2v) is 7.40. The molecule has 2 fully saturated rings. The zero-order valence-corrected chi connectivity index (χ0v) is 15.1. The van der Waals surface area contributed by atoms with Gasteiger partial charge < -0.3 is 14.1 Å². The van der Waals surface area contributed by atoms with Gasteiger partial charge in [-0.15, -0.1) is 0 Å². The summed E-state index contributed by atoms with van der Waals surface area (Å²) in [5.74, 6) is 0.399. The van der Waals surface area contributed by atoms with Gasteiger partial charge in [-0.05, 0) is 50.1 Å². The molecule has 1 spiro atoms. The number of aromatic nitrogens is 1. The molecule has 6 nitrogen and oxygen atoms in total. The number of hydrogen-bond acceptors (Lipinski definition) is 5. The summed E-state index contributed by atoms with van der Waals surface area (Å²) < 4.78 is 11.5. The van der Waals surface area contributed by atoms with Crippen LogP contribution in [0.4, 0.5) is 0 Å². The molecule has 4 heterocycles. The van der Waals surface area contributed by atoms with Crippen molar-refractivity contribution in [1.29, 1.82) is 0 Å². The van der Waals surface area contributed by atoms with Crippen molar-refractivity contribution in [2.24, 2.45) is 0 Å². The van der Waals surface area contributed by atoms with Crippen molar-refractivity contribution >= 4 is 5.91 Å². The zero-order valence-electron chi connectivity index (χ0n) is 15.1. The Kier molecular flexibility index (Phi) is 4.78. The molecular formula is C20H25N3O3. The van der Waals surface area contributed by atoms with Gasteiger partial charge >= 0.3 is 0 Å². The first-order valence-electron chi connectivity index (χ1n) is 9.21. The molecule has 0 aliphatic carbocycles. The summed E-state index contributed by atoms with van der Waals surface area (Å²) in [5.41, 5.74) is 1.13. The number of likely N-dealkylation sites (tertiary alicyclic amines) is 1. The van der Waals surface area contributed by atoms with Gasteiger partial charge in [-0.3, -0.25) is 14.7 Å². The summed E-state index contributed by atoms with van der Waals surface area (Å²) in [6.07, 6.45) is 8.05. The fourth-order valence-electron chi connectivity index (χ4n) is 4.03. The van der Waals surface area contributed by atoms with E-state index in [1.165, 1.54) is 5.56 Å². The van der Waals surface area contributed by atoms with Crippen LogP contribution in [0, 0.1) is 0 Å². The minimum Gasteiger partial charge on any atom is -0.459 e. The Labute approximate surface area is 153 Å². The summed E-state index contributed by atoms with van der Waals surface area (Å²) in [5, 5.41) is 0. The number of carbonyl (C=O) groups is 1. The van der Waals surface area contributed by atoms with Crippen molar-refractivity contribution in [2.45, 2.75) is 37.5 Å². The Bertz CT molecular complexity index is 724. The van der Waals surface area contributed by atoms with Gasteiger partial charge in [0.1, 0.15) is 0 Å². The van der Waals surface area contributed by atoms with Crippen molar-refractivity contribution in [3.8, 4) is 0 Å². The average Bonchev–Trinajstić information content (AvgIpc) is 3.33. The van der Waals surface area contributed by atoms with Crippen LogP contribution in [0.3, 0.4) is 0 Å². The molecule has 1 amide bonds. The predicted molar refractivity (Wildman–Crippen MR) is 96.6 cm³/mol. The standard InChI is InChI=1S/C20H25N3O3/c1-22(14-16-4-2-8-21-13-16)17-12-20(26-15-17)6-9-23(10-7-20)19(24)18-5-3-11-25-18/h2-5,8,11,13,17H,6-7,9-10,12,14-15H2,1H3. The number of pyridine rings is 1. The molecule has 0 radical (unpaired) electrons. The average molecular weight is 355 g/mol. The minimum absolute atomic E-state index is 0.0203. The van der Waals surface area contributed by atoms with Crippen LogP contribution in [-0.4, -0.2) is 59.1 Å². The summed E-state index contributed by atoms with van der Waals surface area (Å²) in [7, 11) is 2.15. The molecule has 2 aliphatic rings. The lowest BCUT2D eigenvalue weighted by atomic mass is 9.87. The molecule has 2 aromatic rings. The Morgan fingerprint density at radius 1 is 1.35 bits per heavy atom. The first-order valence-corrected chi connectivity index (χ1v) is 9.21. The highest BCUT2D eigenvalue weighted by Crippen LogP contribution is 2.38. The third-order valence-electron chi connectivity index (χ3n) is 5.66. The Hall–Kier alpha value is -2.18. The van der Waals surface area contributed by atoms with E-state index in [2.05, 4.69) is 23.0 Å². The van der Waals surface area contributed by atoms with Crippen LogP contribution < -0.4 is 0 Å². The maximum absolute atomic E-state index is 12.4. The number of piperidine rings is 1. The number of ether oxygens (including phenoxy) is 1. The van der Waals surface area contributed by atoms with Crippen LogP contribution in [0.5, 0.6) is 0 Å². The highest BCUT2D eigenvalue weighted by Gasteiger charge is 2.44. The van der Waals surface area contributed by atoms with Crippen LogP contribution in [-0.2, 0) is 11.3 Å². The largest absolute Gasteiger partial charge is 0.459 e. The van der Waals surface area contributed by atoms with E-state index in [-0.39, 0.29) is 11.5 Å². The zero-order chi connectivity index (χ0) is 18.0. The quantitative estimate of drug-likeness (QED) is 0.844. The Morgan fingerprint density at radius 3 is 2.88 bits per heavy atom. The van der Waals surface area contributed by atoms with Gasteiger partial charge in [-0.25, -0.2) is 0 Å². The van der Waals surface area contributed by atoms with Crippen LogP contribution in [0.2, 0.25) is 0 Å². The number of amides is 1. The number of furan rings is 1. The molecule has 26 heavy (non-hydrogen) atoms. The molecule has 6 heteroatoms. The number of hydrogen-bond donors (Lipinski definition) is 0. The maximum atomic E-state index is 12.4. The van der Waals surface area contributed by atoms with Gasteiger partial charge in [0, 0.05) is 38.1 Å². The minimum atomic E-state index is -0.0895. The molecule has 0 N–H and O–H groups in total. The van der Waals surface area contributed by atoms with Gasteiger partial charge in [0.25, 0.3) is 5.91 Å². The molecule has 1 unspecified atom stereocenters. The van der Waals surface area contributed by atoms with Crippen molar-refractivity contribution in [3.05, 3.63) is 54.2 Å².